The van der Waals surface area contributed by atoms with Gasteiger partial charge in [0.25, 0.3) is 5.91 Å². The Labute approximate surface area is 190 Å². The van der Waals surface area contributed by atoms with Crippen LogP contribution >= 0.6 is 11.6 Å². The molecule has 0 unspecified atom stereocenters. The van der Waals surface area contributed by atoms with Crippen molar-refractivity contribution in [2.24, 2.45) is 0 Å². The number of halogens is 1. The first-order valence-electron chi connectivity index (χ1n) is 9.97. The summed E-state index contributed by atoms with van der Waals surface area (Å²) in [6.45, 7) is 4.40. The molecular weight excluding hydrogens is 430 g/mol. The molecule has 1 N–H and O–H groups in total. The Morgan fingerprint density at radius 2 is 2.00 bits per heavy atom. The van der Waals surface area contributed by atoms with E-state index in [9.17, 15) is 4.79 Å². The number of amides is 1. The van der Waals surface area contributed by atoms with Gasteiger partial charge in [-0.05, 0) is 61.4 Å². The number of nitrogens with one attached hydrogen (secondary N) is 1. The predicted octanol–water partition coefficient (Wildman–Crippen LogP) is 5.61. The molecule has 0 fully saturated rings. The minimum Gasteiger partial charge on any atom is -0.485 e. The van der Waals surface area contributed by atoms with Crippen molar-refractivity contribution in [3.8, 4) is 11.5 Å². The number of carbonyl (C=O) groups is 1. The summed E-state index contributed by atoms with van der Waals surface area (Å²) in [5.74, 6) is 1.79. The largest absolute Gasteiger partial charge is 0.485 e. The van der Waals surface area contributed by atoms with Crippen molar-refractivity contribution in [2.45, 2.75) is 27.2 Å². The summed E-state index contributed by atoms with van der Waals surface area (Å²) in [4.78, 5) is 12.5. The molecule has 2 heterocycles. The number of hydrogen-bond donors (Lipinski definition) is 1. The van der Waals surface area contributed by atoms with Crippen molar-refractivity contribution < 1.29 is 18.7 Å². The smallest absolute Gasteiger partial charge is 0.291 e. The fraction of sp³-hybridized carbons (Fsp3) is 0.167. The minimum absolute atomic E-state index is 0.177. The van der Waals surface area contributed by atoms with Crippen molar-refractivity contribution in [2.75, 3.05) is 5.32 Å². The average Bonchev–Trinajstić information content (AvgIpc) is 3.42. The first-order chi connectivity index (χ1) is 15.5. The van der Waals surface area contributed by atoms with Gasteiger partial charge in [-0.3, -0.25) is 4.79 Å². The highest BCUT2D eigenvalue weighted by Gasteiger charge is 2.13. The second-order valence-electron chi connectivity index (χ2n) is 7.28. The number of aryl methyl sites for hydroxylation is 2. The summed E-state index contributed by atoms with van der Waals surface area (Å²) >= 11 is 5.95. The van der Waals surface area contributed by atoms with Gasteiger partial charge in [0, 0.05) is 5.02 Å². The number of hydrogen-bond acceptors (Lipinski definition) is 5. The molecule has 0 saturated carbocycles. The Balaban J connectivity index is 1.31. The molecule has 0 aliphatic heterocycles. The summed E-state index contributed by atoms with van der Waals surface area (Å²) in [6, 6.07) is 16.4. The molecular formula is C24H22ClN3O4. The molecule has 0 radical (unpaired) electrons. The number of carbonyl (C=O) groups excluding carboxylic acids is 1. The molecule has 164 valence electrons. The van der Waals surface area contributed by atoms with Gasteiger partial charge in [-0.2, -0.15) is 5.10 Å². The van der Waals surface area contributed by atoms with Gasteiger partial charge in [0.2, 0.25) is 0 Å². The van der Waals surface area contributed by atoms with Crippen LogP contribution < -0.4 is 14.8 Å². The number of rotatable bonds is 8. The molecule has 7 nitrogen and oxygen atoms in total. The van der Waals surface area contributed by atoms with Crippen molar-refractivity contribution in [1.82, 2.24) is 9.78 Å². The number of aromatic nitrogens is 2. The van der Waals surface area contributed by atoms with E-state index in [-0.39, 0.29) is 25.0 Å². The Morgan fingerprint density at radius 1 is 1.12 bits per heavy atom. The second-order valence-corrected chi connectivity index (χ2v) is 7.71. The molecule has 0 spiro atoms. The first-order valence-corrected chi connectivity index (χ1v) is 10.3. The molecule has 0 aliphatic rings. The molecule has 0 saturated heterocycles. The number of benzene rings is 2. The third kappa shape index (κ3) is 5.50. The molecule has 0 bridgehead atoms. The van der Waals surface area contributed by atoms with Crippen molar-refractivity contribution in [1.29, 1.82) is 0 Å². The topological polar surface area (TPSA) is 78.5 Å². The number of anilines is 1. The van der Waals surface area contributed by atoms with Gasteiger partial charge in [-0.25, -0.2) is 4.68 Å². The van der Waals surface area contributed by atoms with Crippen LogP contribution in [-0.4, -0.2) is 15.7 Å². The lowest BCUT2D eigenvalue weighted by Gasteiger charge is -2.08. The number of ether oxygens (including phenoxy) is 2. The lowest BCUT2D eigenvalue weighted by atomic mass is 10.1. The maximum atomic E-state index is 12.5. The molecule has 0 aliphatic carbocycles. The highest BCUT2D eigenvalue weighted by atomic mass is 35.5. The molecule has 2 aromatic heterocycles. The van der Waals surface area contributed by atoms with Crippen LogP contribution in [0, 0.1) is 13.8 Å². The molecule has 32 heavy (non-hydrogen) atoms. The standard InChI is InChI=1S/C24H22ClN3O4/c1-16-6-7-17(2)23(10-16)30-14-21-8-9-22(32-21)24(29)27-19-12-26-28(13-19)15-31-20-5-3-4-18(25)11-20/h3-13H,14-15H2,1-2H3,(H,27,29). The van der Waals surface area contributed by atoms with Crippen LogP contribution in [0.1, 0.15) is 27.4 Å². The van der Waals surface area contributed by atoms with Crippen molar-refractivity contribution in [3.63, 3.8) is 0 Å². The minimum atomic E-state index is -0.377. The third-order valence-corrected chi connectivity index (χ3v) is 4.88. The Bertz CT molecular complexity index is 1230. The Hall–Kier alpha value is -3.71. The maximum absolute atomic E-state index is 12.5. The Kier molecular flexibility index (Phi) is 6.47. The van der Waals surface area contributed by atoms with Gasteiger partial charge in [0.15, 0.2) is 12.5 Å². The summed E-state index contributed by atoms with van der Waals surface area (Å²) < 4.78 is 18.6. The molecule has 4 rings (SSSR count). The van der Waals surface area contributed by atoms with E-state index in [2.05, 4.69) is 10.4 Å². The third-order valence-electron chi connectivity index (χ3n) is 4.65. The zero-order valence-corrected chi connectivity index (χ0v) is 18.4. The fourth-order valence-corrected chi connectivity index (χ4v) is 3.16. The van der Waals surface area contributed by atoms with Crippen LogP contribution in [0.15, 0.2) is 71.4 Å². The van der Waals surface area contributed by atoms with Crippen LogP contribution in [0.5, 0.6) is 11.5 Å². The van der Waals surface area contributed by atoms with Gasteiger partial charge in [-0.15, -0.1) is 0 Å². The van der Waals surface area contributed by atoms with Crippen LogP contribution in [0.2, 0.25) is 5.02 Å². The summed E-state index contributed by atoms with van der Waals surface area (Å²) in [5.41, 5.74) is 2.68. The van der Waals surface area contributed by atoms with E-state index in [0.717, 1.165) is 16.9 Å². The highest BCUT2D eigenvalue weighted by Crippen LogP contribution is 2.21. The molecule has 8 heteroatoms. The maximum Gasteiger partial charge on any atom is 0.291 e. The van der Waals surface area contributed by atoms with Gasteiger partial charge >= 0.3 is 0 Å². The number of furan rings is 1. The van der Waals surface area contributed by atoms with Crippen LogP contribution in [0.3, 0.4) is 0 Å². The van der Waals surface area contributed by atoms with Gasteiger partial charge in [-0.1, -0.05) is 29.8 Å². The fourth-order valence-electron chi connectivity index (χ4n) is 2.98. The normalized spacial score (nSPS) is 10.7. The monoisotopic (exact) mass is 451 g/mol. The summed E-state index contributed by atoms with van der Waals surface area (Å²) in [5, 5.41) is 7.52. The lowest BCUT2D eigenvalue weighted by Crippen LogP contribution is -2.10. The summed E-state index contributed by atoms with van der Waals surface area (Å²) in [6.07, 6.45) is 3.20. The van der Waals surface area contributed by atoms with E-state index in [1.807, 2.05) is 32.0 Å². The van der Waals surface area contributed by atoms with Crippen LogP contribution in [0.4, 0.5) is 5.69 Å². The average molecular weight is 452 g/mol. The van der Waals surface area contributed by atoms with Gasteiger partial charge in [0.1, 0.15) is 23.9 Å². The highest BCUT2D eigenvalue weighted by molar-refractivity contribution is 6.30. The zero-order valence-electron chi connectivity index (χ0n) is 17.7. The van der Waals surface area contributed by atoms with Crippen molar-refractivity contribution >= 4 is 23.2 Å². The van der Waals surface area contributed by atoms with Gasteiger partial charge in [0.05, 0.1) is 18.1 Å². The molecule has 4 aromatic rings. The van der Waals surface area contributed by atoms with E-state index in [1.165, 1.54) is 6.20 Å². The SMILES string of the molecule is Cc1ccc(C)c(OCc2ccc(C(=O)Nc3cnn(COc4cccc(Cl)c4)c3)o2)c1. The van der Waals surface area contributed by atoms with E-state index >= 15 is 0 Å². The molecule has 2 aromatic carbocycles. The first kappa shape index (κ1) is 21.5. The van der Waals surface area contributed by atoms with E-state index < -0.39 is 0 Å². The van der Waals surface area contributed by atoms with E-state index in [0.29, 0.717) is 22.2 Å². The predicted molar refractivity (Wildman–Crippen MR) is 121 cm³/mol. The zero-order chi connectivity index (χ0) is 22.5. The Morgan fingerprint density at radius 3 is 2.84 bits per heavy atom. The van der Waals surface area contributed by atoms with Crippen molar-refractivity contribution in [3.05, 3.63) is 94.7 Å². The quantitative estimate of drug-likeness (QED) is 0.376. The second kappa shape index (κ2) is 9.62. The van der Waals surface area contributed by atoms with Crippen LogP contribution in [-0.2, 0) is 13.3 Å². The molecule has 0 atom stereocenters. The summed E-state index contributed by atoms with van der Waals surface area (Å²) in [7, 11) is 0. The van der Waals surface area contributed by atoms with E-state index in [1.54, 1.807) is 47.3 Å². The van der Waals surface area contributed by atoms with E-state index in [4.69, 9.17) is 25.5 Å². The lowest BCUT2D eigenvalue weighted by molar-refractivity contribution is 0.0992. The van der Waals surface area contributed by atoms with Crippen LogP contribution in [0.25, 0.3) is 0 Å². The molecule has 1 amide bonds. The van der Waals surface area contributed by atoms with Gasteiger partial charge < -0.3 is 19.2 Å². The number of nitrogens with zero attached hydrogens (tertiary/aromatic N) is 2.